The van der Waals surface area contributed by atoms with Crippen molar-refractivity contribution in [2.75, 3.05) is 6.61 Å². The van der Waals surface area contributed by atoms with E-state index in [1.165, 1.54) is 12.8 Å². The second kappa shape index (κ2) is 5.35. The van der Waals surface area contributed by atoms with Crippen LogP contribution >= 0.6 is 0 Å². The van der Waals surface area contributed by atoms with Gasteiger partial charge in [-0.25, -0.2) is 0 Å². The van der Waals surface area contributed by atoms with Gasteiger partial charge in [0.05, 0.1) is 12.7 Å². The van der Waals surface area contributed by atoms with E-state index in [0.29, 0.717) is 0 Å². The Morgan fingerprint density at radius 3 is 2.81 bits per heavy atom. The first kappa shape index (κ1) is 11.5. The summed E-state index contributed by atoms with van der Waals surface area (Å²) < 4.78 is 5.75. The second-order valence-electron chi connectivity index (χ2n) is 4.54. The first-order valence-electron chi connectivity index (χ1n) is 6.21. The predicted molar refractivity (Wildman–Crippen MR) is 64.5 cm³/mol. The molecule has 2 rings (SSSR count). The van der Waals surface area contributed by atoms with Crippen LogP contribution in [0.2, 0.25) is 0 Å². The summed E-state index contributed by atoms with van der Waals surface area (Å²) in [4.78, 5) is 0. The quantitative estimate of drug-likeness (QED) is 0.797. The summed E-state index contributed by atoms with van der Waals surface area (Å²) >= 11 is 0. The van der Waals surface area contributed by atoms with Crippen LogP contribution in [0.5, 0.6) is 5.75 Å². The minimum atomic E-state index is -0.405. The van der Waals surface area contributed by atoms with Crippen LogP contribution in [-0.4, -0.2) is 11.7 Å². The van der Waals surface area contributed by atoms with Gasteiger partial charge in [0.1, 0.15) is 5.75 Å². The number of para-hydroxylation sites is 1. The Balaban J connectivity index is 1.94. The minimum Gasteiger partial charge on any atom is -0.493 e. The van der Waals surface area contributed by atoms with Gasteiger partial charge in [0.15, 0.2) is 0 Å². The number of aliphatic hydroxyl groups is 1. The molecule has 1 aromatic carbocycles. The molecule has 0 radical (unpaired) electrons. The maximum absolute atomic E-state index is 9.85. The first-order chi connectivity index (χ1) is 7.81. The third-order valence-corrected chi connectivity index (χ3v) is 3.15. The molecule has 2 heteroatoms. The standard InChI is InChI=1S/C14H20O2/c1-2-13(15)12-5-3-4-6-14(12)16-10-9-11-7-8-11/h3-6,11,13,15H,2,7-10H2,1H3/t13-/m0/s1. The first-order valence-corrected chi connectivity index (χ1v) is 6.21. The Morgan fingerprint density at radius 1 is 1.38 bits per heavy atom. The average Bonchev–Trinajstić information content (AvgIpc) is 3.13. The fraction of sp³-hybridized carbons (Fsp3) is 0.571. The Morgan fingerprint density at radius 2 is 2.12 bits per heavy atom. The van der Waals surface area contributed by atoms with Crippen LogP contribution in [0.25, 0.3) is 0 Å². The molecule has 0 saturated heterocycles. The molecule has 16 heavy (non-hydrogen) atoms. The van der Waals surface area contributed by atoms with E-state index in [4.69, 9.17) is 4.74 Å². The van der Waals surface area contributed by atoms with Crippen molar-refractivity contribution in [3.8, 4) is 5.75 Å². The molecule has 1 aliphatic carbocycles. The summed E-state index contributed by atoms with van der Waals surface area (Å²) in [6.07, 6.45) is 4.20. The molecule has 1 saturated carbocycles. The van der Waals surface area contributed by atoms with Crippen LogP contribution in [0.1, 0.15) is 44.3 Å². The van der Waals surface area contributed by atoms with Crippen molar-refractivity contribution in [3.05, 3.63) is 29.8 Å². The van der Waals surface area contributed by atoms with Gasteiger partial charge >= 0.3 is 0 Å². The van der Waals surface area contributed by atoms with Crippen LogP contribution < -0.4 is 4.74 Å². The van der Waals surface area contributed by atoms with Crippen LogP contribution in [-0.2, 0) is 0 Å². The lowest BCUT2D eigenvalue weighted by Crippen LogP contribution is -2.03. The molecule has 2 nitrogen and oxygen atoms in total. The van der Waals surface area contributed by atoms with Gasteiger partial charge in [-0.3, -0.25) is 0 Å². The van der Waals surface area contributed by atoms with Gasteiger partial charge in [-0.1, -0.05) is 38.0 Å². The van der Waals surface area contributed by atoms with E-state index in [0.717, 1.165) is 36.7 Å². The van der Waals surface area contributed by atoms with Gasteiger partial charge in [0.25, 0.3) is 0 Å². The minimum absolute atomic E-state index is 0.405. The lowest BCUT2D eigenvalue weighted by atomic mass is 10.1. The number of benzene rings is 1. The molecule has 0 aromatic heterocycles. The fourth-order valence-electron chi connectivity index (χ4n) is 1.85. The second-order valence-corrected chi connectivity index (χ2v) is 4.54. The Labute approximate surface area is 97.3 Å². The molecule has 0 unspecified atom stereocenters. The summed E-state index contributed by atoms with van der Waals surface area (Å²) in [5.41, 5.74) is 0.917. The topological polar surface area (TPSA) is 29.5 Å². The van der Waals surface area contributed by atoms with Crippen LogP contribution in [0.4, 0.5) is 0 Å². The van der Waals surface area contributed by atoms with Gasteiger partial charge in [-0.05, 0) is 24.8 Å². The van der Waals surface area contributed by atoms with Gasteiger partial charge in [0, 0.05) is 5.56 Å². The molecule has 0 aliphatic heterocycles. The summed E-state index contributed by atoms with van der Waals surface area (Å²) in [6.45, 7) is 2.75. The van der Waals surface area contributed by atoms with Crippen molar-refractivity contribution < 1.29 is 9.84 Å². The summed E-state index contributed by atoms with van der Waals surface area (Å²) in [5.74, 6) is 1.74. The molecule has 1 aromatic rings. The number of rotatable bonds is 6. The molecular weight excluding hydrogens is 200 g/mol. The van der Waals surface area contributed by atoms with E-state index >= 15 is 0 Å². The monoisotopic (exact) mass is 220 g/mol. The maximum atomic E-state index is 9.85. The number of hydrogen-bond acceptors (Lipinski definition) is 2. The average molecular weight is 220 g/mol. The van der Waals surface area contributed by atoms with E-state index in [9.17, 15) is 5.11 Å². The van der Waals surface area contributed by atoms with Crippen molar-refractivity contribution in [2.24, 2.45) is 5.92 Å². The third kappa shape index (κ3) is 2.99. The zero-order chi connectivity index (χ0) is 11.4. The zero-order valence-corrected chi connectivity index (χ0v) is 9.86. The molecule has 0 bridgehead atoms. The van der Waals surface area contributed by atoms with E-state index < -0.39 is 6.10 Å². The van der Waals surface area contributed by atoms with Crippen molar-refractivity contribution in [1.82, 2.24) is 0 Å². The highest BCUT2D eigenvalue weighted by Crippen LogP contribution is 2.33. The lowest BCUT2D eigenvalue weighted by molar-refractivity contribution is 0.166. The molecular formula is C14H20O2. The van der Waals surface area contributed by atoms with Crippen molar-refractivity contribution in [1.29, 1.82) is 0 Å². The largest absolute Gasteiger partial charge is 0.493 e. The SMILES string of the molecule is CC[C@H](O)c1ccccc1OCCC1CC1. The van der Waals surface area contributed by atoms with Gasteiger partial charge in [0.2, 0.25) is 0 Å². The normalized spacial score (nSPS) is 17.1. The van der Waals surface area contributed by atoms with E-state index in [-0.39, 0.29) is 0 Å². The predicted octanol–water partition coefficient (Wildman–Crippen LogP) is 3.31. The van der Waals surface area contributed by atoms with Crippen LogP contribution in [0.3, 0.4) is 0 Å². The van der Waals surface area contributed by atoms with Crippen molar-refractivity contribution >= 4 is 0 Å². The zero-order valence-electron chi connectivity index (χ0n) is 9.86. The molecule has 0 heterocycles. The van der Waals surface area contributed by atoms with E-state index in [2.05, 4.69) is 0 Å². The van der Waals surface area contributed by atoms with E-state index in [1.807, 2.05) is 31.2 Å². The lowest BCUT2D eigenvalue weighted by Gasteiger charge is -2.14. The van der Waals surface area contributed by atoms with Crippen molar-refractivity contribution in [3.63, 3.8) is 0 Å². The Hall–Kier alpha value is -1.02. The van der Waals surface area contributed by atoms with Gasteiger partial charge in [-0.2, -0.15) is 0 Å². The highest BCUT2D eigenvalue weighted by atomic mass is 16.5. The highest BCUT2D eigenvalue weighted by Gasteiger charge is 2.21. The third-order valence-electron chi connectivity index (χ3n) is 3.15. The molecule has 88 valence electrons. The number of ether oxygens (including phenoxy) is 1. The summed E-state index contributed by atoms with van der Waals surface area (Å²) in [7, 11) is 0. The number of aliphatic hydroxyl groups excluding tert-OH is 1. The Kier molecular flexibility index (Phi) is 3.83. The molecule has 1 N–H and O–H groups in total. The fourth-order valence-corrected chi connectivity index (χ4v) is 1.85. The molecule has 0 spiro atoms. The van der Waals surface area contributed by atoms with Crippen LogP contribution in [0, 0.1) is 5.92 Å². The maximum Gasteiger partial charge on any atom is 0.125 e. The van der Waals surface area contributed by atoms with Crippen molar-refractivity contribution in [2.45, 2.75) is 38.7 Å². The summed E-state index contributed by atoms with van der Waals surface area (Å²) in [6, 6.07) is 7.79. The van der Waals surface area contributed by atoms with E-state index in [1.54, 1.807) is 0 Å². The smallest absolute Gasteiger partial charge is 0.125 e. The molecule has 1 aliphatic rings. The Bertz CT molecular complexity index is 331. The van der Waals surface area contributed by atoms with Gasteiger partial charge < -0.3 is 9.84 Å². The molecule has 1 atom stereocenters. The molecule has 1 fully saturated rings. The van der Waals surface area contributed by atoms with Gasteiger partial charge in [-0.15, -0.1) is 0 Å². The summed E-state index contributed by atoms with van der Waals surface area (Å²) in [5, 5.41) is 9.85. The highest BCUT2D eigenvalue weighted by molar-refractivity contribution is 5.34. The van der Waals surface area contributed by atoms with Crippen LogP contribution in [0.15, 0.2) is 24.3 Å². The number of hydrogen-bond donors (Lipinski definition) is 1. The molecule has 0 amide bonds.